The van der Waals surface area contributed by atoms with Gasteiger partial charge >= 0.3 is 5.97 Å². The predicted octanol–water partition coefficient (Wildman–Crippen LogP) is 3.94. The summed E-state index contributed by atoms with van der Waals surface area (Å²) in [6.45, 7) is 2.01. The topological polar surface area (TPSA) is 38.7 Å². The summed E-state index contributed by atoms with van der Waals surface area (Å²) in [6.07, 6.45) is 1.74. The Morgan fingerprint density at radius 3 is 2.62 bits per heavy atom. The number of rotatable bonds is 2. The number of hydrogen-bond donors (Lipinski definition) is 0. The van der Waals surface area contributed by atoms with E-state index >= 15 is 0 Å². The molecule has 2 aromatic rings. The van der Waals surface area contributed by atoms with Gasteiger partial charge in [0.2, 0.25) is 5.90 Å². The Hall–Kier alpha value is -1.95. The lowest BCUT2D eigenvalue weighted by atomic mass is 10.1. The van der Waals surface area contributed by atoms with Crippen LogP contribution in [-0.2, 0) is 9.53 Å². The Kier molecular flexibility index (Phi) is 3.88. The number of cyclic esters (lactones) is 1. The zero-order valence-electron chi connectivity index (χ0n) is 11.3. The molecule has 104 valence electrons. The van der Waals surface area contributed by atoms with E-state index < -0.39 is 5.97 Å². The summed E-state index contributed by atoms with van der Waals surface area (Å²) in [6, 6.07) is 15.6. The highest BCUT2D eigenvalue weighted by Crippen LogP contribution is 2.20. The van der Waals surface area contributed by atoms with Gasteiger partial charge in [-0.3, -0.25) is 0 Å². The van der Waals surface area contributed by atoms with Crippen LogP contribution in [0.4, 0.5) is 0 Å². The lowest BCUT2D eigenvalue weighted by molar-refractivity contribution is -0.129. The van der Waals surface area contributed by atoms with E-state index in [0.717, 1.165) is 20.3 Å². The summed E-state index contributed by atoms with van der Waals surface area (Å²) in [5.41, 5.74) is 3.22. The molecule has 21 heavy (non-hydrogen) atoms. The van der Waals surface area contributed by atoms with E-state index in [1.807, 2.05) is 55.5 Å². The SMILES string of the molecule is Cc1ccc(C2=N/C(=C\c3cccc(I)c3)C(=O)O2)cc1. The Morgan fingerprint density at radius 1 is 1.14 bits per heavy atom. The molecule has 1 aliphatic rings. The third kappa shape index (κ3) is 3.21. The average molecular weight is 389 g/mol. The Balaban J connectivity index is 1.93. The average Bonchev–Trinajstić information content (AvgIpc) is 2.81. The highest BCUT2D eigenvalue weighted by atomic mass is 127. The van der Waals surface area contributed by atoms with E-state index in [2.05, 4.69) is 27.6 Å². The van der Waals surface area contributed by atoms with Crippen molar-refractivity contribution in [2.75, 3.05) is 0 Å². The first-order valence-corrected chi connectivity index (χ1v) is 7.55. The zero-order valence-corrected chi connectivity index (χ0v) is 13.5. The quantitative estimate of drug-likeness (QED) is 0.443. The highest BCUT2D eigenvalue weighted by molar-refractivity contribution is 14.1. The molecular formula is C17H12INO2. The molecule has 0 unspecified atom stereocenters. The third-order valence-electron chi connectivity index (χ3n) is 3.07. The van der Waals surface area contributed by atoms with Gasteiger partial charge in [0, 0.05) is 9.13 Å². The zero-order chi connectivity index (χ0) is 14.8. The summed E-state index contributed by atoms with van der Waals surface area (Å²) >= 11 is 2.23. The standard InChI is InChI=1S/C17H12INO2/c1-11-5-7-13(8-6-11)16-19-15(17(20)21-16)10-12-3-2-4-14(18)9-12/h2-10H,1H3/b15-10-. The van der Waals surface area contributed by atoms with Crippen molar-refractivity contribution in [3.63, 3.8) is 0 Å². The molecule has 3 nitrogen and oxygen atoms in total. The molecule has 0 atom stereocenters. The summed E-state index contributed by atoms with van der Waals surface area (Å²) in [7, 11) is 0. The number of hydrogen-bond acceptors (Lipinski definition) is 3. The number of carbonyl (C=O) groups excluding carboxylic acids is 1. The minimum atomic E-state index is -0.413. The van der Waals surface area contributed by atoms with Crippen molar-refractivity contribution < 1.29 is 9.53 Å². The first kappa shape index (κ1) is 14.0. The van der Waals surface area contributed by atoms with Crippen molar-refractivity contribution in [1.82, 2.24) is 0 Å². The first-order valence-electron chi connectivity index (χ1n) is 6.47. The summed E-state index contributed by atoms with van der Waals surface area (Å²) in [5, 5.41) is 0. The van der Waals surface area contributed by atoms with Crippen molar-refractivity contribution in [1.29, 1.82) is 0 Å². The van der Waals surface area contributed by atoms with E-state index in [4.69, 9.17) is 4.74 Å². The van der Waals surface area contributed by atoms with Gasteiger partial charge in [-0.1, -0.05) is 29.8 Å². The van der Waals surface area contributed by atoms with Crippen LogP contribution in [0.1, 0.15) is 16.7 Å². The van der Waals surface area contributed by atoms with E-state index in [1.54, 1.807) is 6.08 Å². The molecule has 0 aliphatic carbocycles. The van der Waals surface area contributed by atoms with Crippen molar-refractivity contribution in [2.45, 2.75) is 6.92 Å². The van der Waals surface area contributed by atoms with Crippen LogP contribution in [0.25, 0.3) is 6.08 Å². The second kappa shape index (κ2) is 5.81. The van der Waals surface area contributed by atoms with E-state index in [0.29, 0.717) is 11.6 Å². The van der Waals surface area contributed by atoms with Crippen LogP contribution in [0, 0.1) is 10.5 Å². The second-order valence-corrected chi connectivity index (χ2v) is 6.00. The maximum atomic E-state index is 11.9. The van der Waals surface area contributed by atoms with Crippen molar-refractivity contribution in [3.05, 3.63) is 74.5 Å². The number of aliphatic imine (C=N–C) groups is 1. The van der Waals surface area contributed by atoms with E-state index in [-0.39, 0.29) is 0 Å². The second-order valence-electron chi connectivity index (χ2n) is 4.76. The summed E-state index contributed by atoms with van der Waals surface area (Å²) in [4.78, 5) is 16.2. The minimum absolute atomic E-state index is 0.326. The molecule has 0 saturated carbocycles. The molecule has 0 saturated heterocycles. The Morgan fingerprint density at radius 2 is 1.90 bits per heavy atom. The van der Waals surface area contributed by atoms with E-state index in [9.17, 15) is 4.79 Å². The molecule has 2 aromatic carbocycles. The van der Waals surface area contributed by atoms with Gasteiger partial charge in [-0.05, 0) is 65.4 Å². The molecule has 1 heterocycles. The van der Waals surface area contributed by atoms with Gasteiger partial charge in [0.25, 0.3) is 0 Å². The fraction of sp³-hybridized carbons (Fsp3) is 0.0588. The van der Waals surface area contributed by atoms with Crippen molar-refractivity contribution in [2.24, 2.45) is 4.99 Å². The van der Waals surface area contributed by atoms with Gasteiger partial charge in [0.05, 0.1) is 0 Å². The van der Waals surface area contributed by atoms with Crippen molar-refractivity contribution in [3.8, 4) is 0 Å². The molecule has 3 rings (SSSR count). The molecule has 0 spiro atoms. The molecule has 0 radical (unpaired) electrons. The van der Waals surface area contributed by atoms with Crippen LogP contribution in [-0.4, -0.2) is 11.9 Å². The Bertz CT molecular complexity index is 761. The van der Waals surface area contributed by atoms with Gasteiger partial charge in [-0.2, -0.15) is 0 Å². The molecule has 0 aromatic heterocycles. The summed E-state index contributed by atoms with van der Waals surface area (Å²) in [5.74, 6) is -0.0543. The third-order valence-corrected chi connectivity index (χ3v) is 3.74. The maximum Gasteiger partial charge on any atom is 0.363 e. The largest absolute Gasteiger partial charge is 0.402 e. The number of nitrogens with zero attached hydrogens (tertiary/aromatic N) is 1. The number of benzene rings is 2. The summed E-state index contributed by atoms with van der Waals surface area (Å²) < 4.78 is 6.35. The van der Waals surface area contributed by atoms with Gasteiger partial charge in [-0.25, -0.2) is 9.79 Å². The van der Waals surface area contributed by atoms with Crippen LogP contribution in [0.15, 0.2) is 59.2 Å². The monoisotopic (exact) mass is 389 g/mol. The molecular weight excluding hydrogens is 377 g/mol. The van der Waals surface area contributed by atoms with Gasteiger partial charge in [0.1, 0.15) is 0 Å². The molecule has 0 bridgehead atoms. The molecule has 0 N–H and O–H groups in total. The Labute approximate surface area is 136 Å². The number of esters is 1. The van der Waals surface area contributed by atoms with Crippen molar-refractivity contribution >= 4 is 40.5 Å². The van der Waals surface area contributed by atoms with Gasteiger partial charge in [-0.15, -0.1) is 0 Å². The highest BCUT2D eigenvalue weighted by Gasteiger charge is 2.23. The molecule has 1 aliphatic heterocycles. The number of carbonyl (C=O) groups is 1. The molecule has 0 amide bonds. The fourth-order valence-corrected chi connectivity index (χ4v) is 2.55. The normalized spacial score (nSPS) is 16.0. The smallest absolute Gasteiger partial charge is 0.363 e. The number of ether oxygens (including phenoxy) is 1. The lowest BCUT2D eigenvalue weighted by Crippen LogP contribution is -2.05. The number of aryl methyl sites for hydroxylation is 1. The first-order chi connectivity index (χ1) is 10.1. The lowest BCUT2D eigenvalue weighted by Gasteiger charge is -1.99. The van der Waals surface area contributed by atoms with Crippen LogP contribution in [0.2, 0.25) is 0 Å². The molecule has 4 heteroatoms. The van der Waals surface area contributed by atoms with Crippen LogP contribution in [0.5, 0.6) is 0 Å². The van der Waals surface area contributed by atoms with Gasteiger partial charge in [0.15, 0.2) is 5.70 Å². The number of halogens is 1. The predicted molar refractivity (Wildman–Crippen MR) is 90.9 cm³/mol. The van der Waals surface area contributed by atoms with Crippen LogP contribution in [0.3, 0.4) is 0 Å². The molecule has 0 fully saturated rings. The minimum Gasteiger partial charge on any atom is -0.402 e. The van der Waals surface area contributed by atoms with Crippen LogP contribution >= 0.6 is 22.6 Å². The maximum absolute atomic E-state index is 11.9. The van der Waals surface area contributed by atoms with E-state index in [1.165, 1.54) is 0 Å². The van der Waals surface area contributed by atoms with Crippen LogP contribution < -0.4 is 0 Å². The van der Waals surface area contributed by atoms with Gasteiger partial charge < -0.3 is 4.74 Å². The fourth-order valence-electron chi connectivity index (χ4n) is 1.98.